The second kappa shape index (κ2) is 8.88. The number of methoxy groups -OCH3 is 1. The molecule has 3 aliphatic rings. The van der Waals surface area contributed by atoms with E-state index in [1.54, 1.807) is 0 Å². The Kier molecular flexibility index (Phi) is 6.29. The number of benzene rings is 1. The van der Waals surface area contributed by atoms with Gasteiger partial charge in [-0.2, -0.15) is 4.31 Å². The summed E-state index contributed by atoms with van der Waals surface area (Å²) in [7, 11) is -2.68. The highest BCUT2D eigenvalue weighted by atomic mass is 32.2. The summed E-state index contributed by atoms with van der Waals surface area (Å²) in [6, 6.07) is 3.14. The molecule has 1 saturated carbocycles. The molecular formula is C20H27N5O7S. The lowest BCUT2D eigenvalue weighted by molar-refractivity contribution is -0.386. The predicted molar refractivity (Wildman–Crippen MR) is 116 cm³/mol. The zero-order valence-electron chi connectivity index (χ0n) is 18.4. The van der Waals surface area contributed by atoms with Crippen molar-refractivity contribution in [3.05, 3.63) is 28.3 Å². The summed E-state index contributed by atoms with van der Waals surface area (Å²) < 4.78 is 32.3. The summed E-state index contributed by atoms with van der Waals surface area (Å²) in [6.07, 6.45) is 4.15. The zero-order valence-corrected chi connectivity index (χ0v) is 19.2. The molecule has 0 bridgehead atoms. The fraction of sp³-hybridized carbons (Fsp3) is 0.600. The first-order valence-electron chi connectivity index (χ1n) is 10.9. The number of sulfonamides is 1. The van der Waals surface area contributed by atoms with Gasteiger partial charge in [-0.3, -0.25) is 19.8 Å². The second-order valence-electron chi connectivity index (χ2n) is 8.56. The van der Waals surface area contributed by atoms with Gasteiger partial charge in [0.05, 0.1) is 23.6 Å². The Hall–Kier alpha value is -2.77. The molecule has 2 saturated heterocycles. The van der Waals surface area contributed by atoms with E-state index in [2.05, 4.69) is 5.32 Å². The number of nitrogens with one attached hydrogen (secondary N) is 1. The summed E-state index contributed by atoms with van der Waals surface area (Å²) in [4.78, 5) is 38.9. The largest absolute Gasteiger partial charge is 0.490 e. The number of carbonyl (C=O) groups is 2. The Bertz CT molecular complexity index is 1060. The van der Waals surface area contributed by atoms with Crippen molar-refractivity contribution in [1.29, 1.82) is 0 Å². The molecule has 4 rings (SSSR count). The van der Waals surface area contributed by atoms with Crippen LogP contribution in [-0.2, 0) is 14.8 Å². The number of nitrogens with zero attached hydrogens (tertiary/aromatic N) is 4. The molecule has 33 heavy (non-hydrogen) atoms. The van der Waals surface area contributed by atoms with Crippen molar-refractivity contribution >= 4 is 27.6 Å². The quantitative estimate of drug-likeness (QED) is 0.362. The van der Waals surface area contributed by atoms with Crippen LogP contribution < -0.4 is 10.1 Å². The molecule has 1 N–H and O–H groups in total. The predicted octanol–water partition coefficient (Wildman–Crippen LogP) is 1.12. The summed E-state index contributed by atoms with van der Waals surface area (Å²) in [5, 5.41) is 14.1. The van der Waals surface area contributed by atoms with Crippen LogP contribution in [0.1, 0.15) is 32.1 Å². The van der Waals surface area contributed by atoms with Crippen molar-refractivity contribution in [2.45, 2.75) is 42.5 Å². The number of amides is 3. The van der Waals surface area contributed by atoms with E-state index in [4.69, 9.17) is 4.74 Å². The number of imide groups is 1. The summed E-state index contributed by atoms with van der Waals surface area (Å²) in [5.41, 5.74) is -1.21. The minimum Gasteiger partial charge on any atom is -0.490 e. The molecule has 3 amide bonds. The number of nitro groups is 1. The topological polar surface area (TPSA) is 142 Å². The van der Waals surface area contributed by atoms with Crippen LogP contribution in [0, 0.1) is 10.1 Å². The van der Waals surface area contributed by atoms with E-state index >= 15 is 0 Å². The Balaban J connectivity index is 1.41. The van der Waals surface area contributed by atoms with Crippen molar-refractivity contribution in [1.82, 2.24) is 19.4 Å². The van der Waals surface area contributed by atoms with Gasteiger partial charge < -0.3 is 10.1 Å². The monoisotopic (exact) mass is 481 g/mol. The molecule has 3 fully saturated rings. The molecule has 1 aromatic rings. The molecule has 0 aromatic heterocycles. The van der Waals surface area contributed by atoms with Gasteiger partial charge in [-0.05, 0) is 25.0 Å². The number of hydrogen-bond acceptors (Lipinski definition) is 8. The molecule has 0 atom stereocenters. The van der Waals surface area contributed by atoms with E-state index in [1.807, 2.05) is 4.90 Å². The van der Waals surface area contributed by atoms with Crippen LogP contribution in [0.25, 0.3) is 0 Å². The number of urea groups is 1. The fourth-order valence-electron chi connectivity index (χ4n) is 4.73. The van der Waals surface area contributed by atoms with Crippen LogP contribution in [-0.4, -0.2) is 84.9 Å². The maximum atomic E-state index is 13.0. The third-order valence-corrected chi connectivity index (χ3v) is 8.51. The van der Waals surface area contributed by atoms with E-state index in [9.17, 15) is 28.1 Å². The molecule has 12 nitrogen and oxygen atoms in total. The van der Waals surface area contributed by atoms with Gasteiger partial charge in [0.1, 0.15) is 5.54 Å². The maximum absolute atomic E-state index is 13.0. The van der Waals surface area contributed by atoms with Gasteiger partial charge in [0.15, 0.2) is 5.75 Å². The molecule has 1 aliphatic carbocycles. The van der Waals surface area contributed by atoms with Gasteiger partial charge in [-0.25, -0.2) is 18.1 Å². The van der Waals surface area contributed by atoms with Crippen molar-refractivity contribution in [2.24, 2.45) is 0 Å². The van der Waals surface area contributed by atoms with Gasteiger partial charge in [0.2, 0.25) is 10.0 Å². The van der Waals surface area contributed by atoms with Gasteiger partial charge in [-0.15, -0.1) is 0 Å². The van der Waals surface area contributed by atoms with Crippen molar-refractivity contribution < 1.29 is 27.7 Å². The van der Waals surface area contributed by atoms with Crippen LogP contribution in [0.2, 0.25) is 0 Å². The Labute approximate surface area is 191 Å². The normalized spacial score (nSPS) is 21.9. The van der Waals surface area contributed by atoms with E-state index in [1.165, 1.54) is 28.4 Å². The molecular weight excluding hydrogens is 454 g/mol. The van der Waals surface area contributed by atoms with Crippen molar-refractivity contribution in [3.8, 4) is 5.75 Å². The van der Waals surface area contributed by atoms with E-state index in [-0.39, 0.29) is 36.3 Å². The van der Waals surface area contributed by atoms with E-state index in [0.717, 1.165) is 25.3 Å². The third kappa shape index (κ3) is 4.27. The van der Waals surface area contributed by atoms with E-state index in [0.29, 0.717) is 25.9 Å². The van der Waals surface area contributed by atoms with Crippen LogP contribution in [0.4, 0.5) is 10.5 Å². The number of piperazine rings is 1. The smallest absolute Gasteiger partial charge is 0.326 e. The van der Waals surface area contributed by atoms with Crippen molar-refractivity contribution in [2.75, 3.05) is 40.0 Å². The highest BCUT2D eigenvalue weighted by Gasteiger charge is 2.51. The zero-order chi connectivity index (χ0) is 23.8. The standard InChI is InChI=1S/C20H27N5O7S/c1-32-17-6-5-15(13-16(17)25(28)29)33(30,31)23-11-9-22(10-12-23)14-24-18(26)20(21-19(24)27)7-3-2-4-8-20/h5-6,13H,2-4,7-12,14H2,1H3,(H,21,27). The first-order valence-corrected chi connectivity index (χ1v) is 12.3. The number of ether oxygens (including phenoxy) is 1. The Morgan fingerprint density at radius 3 is 2.39 bits per heavy atom. The lowest BCUT2D eigenvalue weighted by Crippen LogP contribution is -2.53. The minimum absolute atomic E-state index is 0.0203. The van der Waals surface area contributed by atoms with Crippen LogP contribution >= 0.6 is 0 Å². The molecule has 1 spiro atoms. The van der Waals surface area contributed by atoms with Gasteiger partial charge in [0, 0.05) is 32.2 Å². The molecule has 0 radical (unpaired) electrons. The Morgan fingerprint density at radius 2 is 1.79 bits per heavy atom. The summed E-state index contributed by atoms with van der Waals surface area (Å²) >= 11 is 0. The summed E-state index contributed by atoms with van der Waals surface area (Å²) in [6.45, 7) is 1.02. The van der Waals surface area contributed by atoms with Gasteiger partial charge in [-0.1, -0.05) is 19.3 Å². The van der Waals surface area contributed by atoms with Crippen LogP contribution in [0.15, 0.2) is 23.1 Å². The third-order valence-electron chi connectivity index (χ3n) is 6.61. The molecule has 1 aromatic carbocycles. The molecule has 2 heterocycles. The minimum atomic E-state index is -3.95. The van der Waals surface area contributed by atoms with Crippen LogP contribution in [0.5, 0.6) is 5.75 Å². The second-order valence-corrected chi connectivity index (χ2v) is 10.5. The van der Waals surface area contributed by atoms with Crippen molar-refractivity contribution in [3.63, 3.8) is 0 Å². The Morgan fingerprint density at radius 1 is 1.12 bits per heavy atom. The number of rotatable bonds is 6. The van der Waals surface area contributed by atoms with E-state index < -0.39 is 32.2 Å². The first kappa shape index (κ1) is 23.4. The lowest BCUT2D eigenvalue weighted by Gasteiger charge is -2.35. The highest BCUT2D eigenvalue weighted by Crippen LogP contribution is 2.34. The SMILES string of the molecule is COc1ccc(S(=O)(=O)N2CCN(CN3C(=O)NC4(CCCCC4)C3=O)CC2)cc1[N+](=O)[O-]. The van der Waals surface area contributed by atoms with Crippen LogP contribution in [0.3, 0.4) is 0 Å². The number of hydrogen-bond donors (Lipinski definition) is 1. The molecule has 13 heteroatoms. The average molecular weight is 482 g/mol. The summed E-state index contributed by atoms with van der Waals surface area (Å²) in [5.74, 6) is -0.221. The highest BCUT2D eigenvalue weighted by molar-refractivity contribution is 7.89. The molecule has 0 unspecified atom stereocenters. The molecule has 180 valence electrons. The average Bonchev–Trinajstić information content (AvgIpc) is 3.03. The lowest BCUT2D eigenvalue weighted by atomic mass is 9.82. The number of nitro benzene ring substituents is 1. The number of carbonyl (C=O) groups excluding carboxylic acids is 2. The van der Waals surface area contributed by atoms with Gasteiger partial charge in [0.25, 0.3) is 5.91 Å². The van der Waals surface area contributed by atoms with Gasteiger partial charge >= 0.3 is 11.7 Å². The maximum Gasteiger partial charge on any atom is 0.326 e. The molecule has 2 aliphatic heterocycles. The fourth-order valence-corrected chi connectivity index (χ4v) is 6.17. The first-order chi connectivity index (χ1) is 15.7.